The molecule has 7 nitrogen and oxygen atoms in total. The van der Waals surface area contributed by atoms with E-state index in [1.807, 2.05) is 0 Å². The number of rotatable bonds is 3. The van der Waals surface area contributed by atoms with E-state index in [0.29, 0.717) is 6.42 Å². The lowest BCUT2D eigenvalue weighted by atomic mass is 9.79. The fraction of sp³-hybridized carbons (Fsp3) is 0.467. The number of non-ortho nitro benzene ring substituents is 1. The molecule has 1 aromatic rings. The second-order valence-corrected chi connectivity index (χ2v) is 6.33. The van der Waals surface area contributed by atoms with E-state index in [9.17, 15) is 24.1 Å². The molecule has 0 radical (unpaired) electrons. The van der Waals surface area contributed by atoms with Crippen molar-refractivity contribution in [3.8, 4) is 0 Å². The van der Waals surface area contributed by atoms with Gasteiger partial charge in [0.25, 0.3) is 5.69 Å². The van der Waals surface area contributed by atoms with Crippen LogP contribution in [0.15, 0.2) is 18.2 Å². The van der Waals surface area contributed by atoms with E-state index in [4.69, 9.17) is 4.74 Å². The highest BCUT2D eigenvalue weighted by Crippen LogP contribution is 2.57. The zero-order valence-corrected chi connectivity index (χ0v) is 11.9. The van der Waals surface area contributed by atoms with Crippen LogP contribution >= 0.6 is 0 Å². The Morgan fingerprint density at radius 1 is 1.39 bits per heavy atom. The highest BCUT2D eigenvalue weighted by molar-refractivity contribution is 5.97. The molecule has 120 valence electrons. The molecule has 1 amide bonds. The van der Waals surface area contributed by atoms with Gasteiger partial charge < -0.3 is 10.1 Å². The third-order valence-corrected chi connectivity index (χ3v) is 5.20. The molecular formula is C15H13FN2O5. The number of esters is 1. The van der Waals surface area contributed by atoms with Crippen molar-refractivity contribution < 1.29 is 23.6 Å². The molecule has 2 bridgehead atoms. The van der Waals surface area contributed by atoms with Crippen LogP contribution in [0.2, 0.25) is 0 Å². The molecule has 23 heavy (non-hydrogen) atoms. The van der Waals surface area contributed by atoms with Gasteiger partial charge in [0.1, 0.15) is 11.9 Å². The quantitative estimate of drug-likeness (QED) is 0.521. The molecule has 0 unspecified atom stereocenters. The Hall–Kier alpha value is -2.51. The lowest BCUT2D eigenvalue weighted by Gasteiger charge is -2.23. The van der Waals surface area contributed by atoms with E-state index in [-0.39, 0.29) is 35.3 Å². The topological polar surface area (TPSA) is 98.5 Å². The molecule has 1 heterocycles. The SMILES string of the molecule is O=C(Nc1cc([N+](=O)[O-])ccc1F)[C@@H]1[C@@H]2C[C@H]3[C@@H]1C(=O)O[C@@H]3C2. The predicted octanol–water partition coefficient (Wildman–Crippen LogP) is 1.87. The summed E-state index contributed by atoms with van der Waals surface area (Å²) in [5, 5.41) is 13.2. The van der Waals surface area contributed by atoms with Gasteiger partial charge in [-0.05, 0) is 24.8 Å². The maximum absolute atomic E-state index is 13.8. The van der Waals surface area contributed by atoms with Gasteiger partial charge in [0.05, 0.1) is 22.4 Å². The standard InChI is InChI=1S/C15H13FN2O5/c16-9-2-1-7(18(21)22)5-10(9)17-14(19)12-6-3-8-11(4-6)23-15(20)13(8)12/h1-2,5-6,8,11-13H,3-4H2,(H,17,19)/t6-,8-,11-,12-,13+/m1/s1. The average molecular weight is 320 g/mol. The molecule has 2 aliphatic carbocycles. The Balaban J connectivity index is 1.58. The van der Waals surface area contributed by atoms with E-state index in [2.05, 4.69) is 5.32 Å². The minimum absolute atomic E-state index is 0.0446. The third kappa shape index (κ3) is 2.01. The molecule has 5 atom stereocenters. The van der Waals surface area contributed by atoms with Gasteiger partial charge in [-0.15, -0.1) is 0 Å². The lowest BCUT2D eigenvalue weighted by molar-refractivity contribution is -0.384. The van der Waals surface area contributed by atoms with Crippen LogP contribution in [-0.4, -0.2) is 22.9 Å². The van der Waals surface area contributed by atoms with Gasteiger partial charge in [-0.3, -0.25) is 19.7 Å². The van der Waals surface area contributed by atoms with Crippen molar-refractivity contribution in [1.82, 2.24) is 0 Å². The van der Waals surface area contributed by atoms with Crippen LogP contribution < -0.4 is 5.32 Å². The molecule has 1 aromatic carbocycles. The number of benzene rings is 1. The van der Waals surface area contributed by atoms with E-state index in [0.717, 1.165) is 24.6 Å². The van der Waals surface area contributed by atoms with Crippen LogP contribution in [0.3, 0.4) is 0 Å². The molecule has 1 saturated heterocycles. The average Bonchev–Trinajstić information content (AvgIpc) is 3.10. The number of fused-ring (bicyclic) bond motifs is 1. The van der Waals surface area contributed by atoms with Gasteiger partial charge in [0.15, 0.2) is 0 Å². The fourth-order valence-electron chi connectivity index (χ4n) is 4.30. The molecule has 1 aliphatic heterocycles. The van der Waals surface area contributed by atoms with Crippen molar-refractivity contribution in [3.05, 3.63) is 34.1 Å². The third-order valence-electron chi connectivity index (χ3n) is 5.20. The number of anilines is 1. The highest BCUT2D eigenvalue weighted by Gasteiger charge is 2.63. The number of ether oxygens (including phenoxy) is 1. The Labute approximate surface area is 130 Å². The fourth-order valence-corrected chi connectivity index (χ4v) is 4.30. The van der Waals surface area contributed by atoms with Crippen LogP contribution in [0.4, 0.5) is 15.8 Å². The summed E-state index contributed by atoms with van der Waals surface area (Å²) in [5.74, 6) is -2.50. The van der Waals surface area contributed by atoms with Gasteiger partial charge in [-0.1, -0.05) is 0 Å². The molecule has 8 heteroatoms. The molecule has 1 N–H and O–H groups in total. The first-order chi connectivity index (χ1) is 11.0. The van der Waals surface area contributed by atoms with Crippen LogP contribution in [0.5, 0.6) is 0 Å². The number of nitrogens with one attached hydrogen (secondary N) is 1. The number of nitro benzene ring substituents is 1. The second-order valence-electron chi connectivity index (χ2n) is 6.33. The van der Waals surface area contributed by atoms with Gasteiger partial charge in [-0.25, -0.2) is 4.39 Å². The Kier molecular flexibility index (Phi) is 2.91. The number of amides is 1. The largest absolute Gasteiger partial charge is 0.462 e. The van der Waals surface area contributed by atoms with Crippen LogP contribution in [0.25, 0.3) is 0 Å². The molecule has 0 spiro atoms. The van der Waals surface area contributed by atoms with Gasteiger partial charge in [-0.2, -0.15) is 0 Å². The predicted molar refractivity (Wildman–Crippen MR) is 74.8 cm³/mol. The smallest absolute Gasteiger partial charge is 0.310 e. The summed E-state index contributed by atoms with van der Waals surface area (Å²) in [6.07, 6.45) is 1.33. The number of halogens is 1. The van der Waals surface area contributed by atoms with Crippen molar-refractivity contribution >= 4 is 23.3 Å². The summed E-state index contributed by atoms with van der Waals surface area (Å²) in [4.78, 5) is 34.5. The number of nitrogens with zero attached hydrogens (tertiary/aromatic N) is 1. The zero-order valence-electron chi connectivity index (χ0n) is 11.9. The summed E-state index contributed by atoms with van der Waals surface area (Å²) >= 11 is 0. The molecular weight excluding hydrogens is 307 g/mol. The van der Waals surface area contributed by atoms with Crippen molar-refractivity contribution in [1.29, 1.82) is 0 Å². The summed E-state index contributed by atoms with van der Waals surface area (Å²) < 4.78 is 19.1. The first-order valence-electron chi connectivity index (χ1n) is 7.41. The van der Waals surface area contributed by atoms with Crippen molar-refractivity contribution in [3.63, 3.8) is 0 Å². The van der Waals surface area contributed by atoms with Crippen molar-refractivity contribution in [2.75, 3.05) is 5.32 Å². The Bertz CT molecular complexity index is 735. The van der Waals surface area contributed by atoms with E-state index < -0.39 is 28.5 Å². The first-order valence-corrected chi connectivity index (χ1v) is 7.41. The normalized spacial score (nSPS) is 33.6. The number of carbonyl (C=O) groups excluding carboxylic acids is 2. The second kappa shape index (κ2) is 4.74. The monoisotopic (exact) mass is 320 g/mol. The molecule has 4 rings (SSSR count). The number of hydrogen-bond acceptors (Lipinski definition) is 5. The summed E-state index contributed by atoms with van der Waals surface area (Å²) in [7, 11) is 0. The lowest BCUT2D eigenvalue weighted by Crippen LogP contribution is -2.36. The minimum Gasteiger partial charge on any atom is -0.462 e. The Morgan fingerprint density at radius 3 is 2.91 bits per heavy atom. The van der Waals surface area contributed by atoms with Crippen LogP contribution in [0.1, 0.15) is 12.8 Å². The molecule has 0 aromatic heterocycles. The van der Waals surface area contributed by atoms with Crippen LogP contribution in [-0.2, 0) is 14.3 Å². The zero-order chi connectivity index (χ0) is 16.3. The Morgan fingerprint density at radius 2 is 2.17 bits per heavy atom. The first kappa shape index (κ1) is 14.1. The van der Waals surface area contributed by atoms with E-state index in [1.54, 1.807) is 0 Å². The minimum atomic E-state index is -0.751. The van der Waals surface area contributed by atoms with Gasteiger partial charge in [0, 0.05) is 18.1 Å². The van der Waals surface area contributed by atoms with E-state index in [1.165, 1.54) is 0 Å². The maximum Gasteiger partial charge on any atom is 0.310 e. The van der Waals surface area contributed by atoms with Crippen LogP contribution in [0, 0.1) is 39.6 Å². The maximum atomic E-state index is 13.8. The number of hydrogen-bond donors (Lipinski definition) is 1. The van der Waals surface area contributed by atoms with Crippen molar-refractivity contribution in [2.45, 2.75) is 18.9 Å². The summed E-state index contributed by atoms with van der Waals surface area (Å²) in [6.45, 7) is 0. The number of carbonyl (C=O) groups is 2. The summed E-state index contributed by atoms with van der Waals surface area (Å²) in [6, 6.07) is 2.95. The highest BCUT2D eigenvalue weighted by atomic mass is 19.1. The number of nitro groups is 1. The van der Waals surface area contributed by atoms with Gasteiger partial charge in [0.2, 0.25) is 5.91 Å². The molecule has 2 saturated carbocycles. The summed E-state index contributed by atoms with van der Waals surface area (Å²) in [5.41, 5.74) is -0.551. The molecule has 3 aliphatic rings. The van der Waals surface area contributed by atoms with Crippen molar-refractivity contribution in [2.24, 2.45) is 23.7 Å². The van der Waals surface area contributed by atoms with E-state index >= 15 is 0 Å². The van der Waals surface area contributed by atoms with Gasteiger partial charge >= 0.3 is 5.97 Å². The molecule has 3 fully saturated rings.